The van der Waals surface area contributed by atoms with Crippen LogP contribution in [0.2, 0.25) is 5.02 Å². The molecule has 0 radical (unpaired) electrons. The van der Waals surface area contributed by atoms with Crippen molar-refractivity contribution in [1.82, 2.24) is 0 Å². The fourth-order valence-electron chi connectivity index (χ4n) is 0.512. The Bertz CT molecular complexity index is 224. The Morgan fingerprint density at radius 3 is 2.44 bits per heavy atom. The molecule has 1 nitrogen and oxygen atoms in total. The second kappa shape index (κ2) is 2.90. The van der Waals surface area contributed by atoms with Gasteiger partial charge in [-0.3, -0.25) is 0 Å². The predicted molar refractivity (Wildman–Crippen MR) is 37.8 cm³/mol. The molecule has 1 aromatic carbocycles. The van der Waals surface area contributed by atoms with Crippen molar-refractivity contribution in [3.8, 4) is 0 Å². The Morgan fingerprint density at radius 1 is 1.33 bits per heavy atom. The molecule has 9 heavy (non-hydrogen) atoms. The zero-order chi connectivity index (χ0) is 6.69. The number of halogens is 1. The van der Waals surface area contributed by atoms with Crippen molar-refractivity contribution in [3.05, 3.63) is 29.3 Å². The molecule has 1 rings (SSSR count). The van der Waals surface area contributed by atoms with Crippen LogP contribution in [0.3, 0.4) is 0 Å². The molecular weight excluding hydrogens is 156 g/mol. The average Bonchev–Trinajstić information content (AvgIpc) is 1.89. The molecule has 0 aliphatic heterocycles. The van der Waals surface area contributed by atoms with Crippen molar-refractivity contribution < 1.29 is 4.21 Å². The lowest BCUT2D eigenvalue weighted by atomic mass is 10.4. The van der Waals surface area contributed by atoms with Crippen molar-refractivity contribution in [2.45, 2.75) is 4.90 Å². The van der Waals surface area contributed by atoms with Crippen LogP contribution in [-0.2, 0) is 15.9 Å². The van der Waals surface area contributed by atoms with Crippen LogP contribution in [0.4, 0.5) is 0 Å². The molecule has 1 aromatic rings. The van der Waals surface area contributed by atoms with E-state index < -0.39 is 0 Å². The maximum absolute atomic E-state index is 10.2. The number of hydrogen-bond acceptors (Lipinski definition) is 1. The van der Waals surface area contributed by atoms with E-state index in [0.29, 0.717) is 21.6 Å². The fraction of sp³-hybridized carbons (Fsp3) is 0. The first-order valence-electron chi connectivity index (χ1n) is 2.39. The van der Waals surface area contributed by atoms with Crippen molar-refractivity contribution in [2.24, 2.45) is 0 Å². The van der Waals surface area contributed by atoms with Crippen molar-refractivity contribution >= 4 is 23.3 Å². The standard InChI is InChI=1S/C6H4ClOS/c7-5-3-1-2-4-6(5)9-8/h1-4H/q+1. The first kappa shape index (κ1) is 6.65. The lowest BCUT2D eigenvalue weighted by molar-refractivity contribution is 0.605. The van der Waals surface area contributed by atoms with Gasteiger partial charge in [0.25, 0.3) is 0 Å². The monoisotopic (exact) mass is 159 g/mol. The lowest BCUT2D eigenvalue weighted by Crippen LogP contribution is -1.72. The highest BCUT2D eigenvalue weighted by Gasteiger charge is 2.09. The smallest absolute Gasteiger partial charge is 0.0780 e. The SMILES string of the molecule is O=[S+]c1ccccc1Cl. The fourth-order valence-corrected chi connectivity index (χ4v) is 1.02. The zero-order valence-electron chi connectivity index (χ0n) is 4.50. The zero-order valence-corrected chi connectivity index (χ0v) is 6.08. The van der Waals surface area contributed by atoms with Crippen LogP contribution in [-0.4, -0.2) is 0 Å². The van der Waals surface area contributed by atoms with Gasteiger partial charge in [0.15, 0.2) is 0 Å². The minimum Gasteiger partial charge on any atom is -0.0780 e. The van der Waals surface area contributed by atoms with Gasteiger partial charge in [-0.2, -0.15) is 0 Å². The highest BCUT2D eigenvalue weighted by molar-refractivity contribution is 7.65. The molecule has 0 aliphatic carbocycles. The van der Waals surface area contributed by atoms with Gasteiger partial charge in [-0.15, -0.1) is 0 Å². The molecule has 3 heteroatoms. The molecule has 0 N–H and O–H groups in total. The molecule has 0 unspecified atom stereocenters. The van der Waals surface area contributed by atoms with E-state index in [1.165, 1.54) is 0 Å². The molecule has 0 aromatic heterocycles. The van der Waals surface area contributed by atoms with Gasteiger partial charge in [0, 0.05) is 10.3 Å². The van der Waals surface area contributed by atoms with Gasteiger partial charge in [0.2, 0.25) is 0 Å². The van der Waals surface area contributed by atoms with Crippen molar-refractivity contribution in [1.29, 1.82) is 0 Å². The molecule has 0 saturated heterocycles. The molecule has 0 amide bonds. The Morgan fingerprint density at radius 2 is 2.00 bits per heavy atom. The highest BCUT2D eigenvalue weighted by atomic mass is 35.5. The van der Waals surface area contributed by atoms with E-state index in [1.807, 2.05) is 0 Å². The molecule has 0 spiro atoms. The summed E-state index contributed by atoms with van der Waals surface area (Å²) < 4.78 is 10.2. The van der Waals surface area contributed by atoms with Crippen LogP contribution < -0.4 is 0 Å². The summed E-state index contributed by atoms with van der Waals surface area (Å²) in [5.74, 6) is 0. The van der Waals surface area contributed by atoms with Gasteiger partial charge >= 0.3 is 16.6 Å². The largest absolute Gasteiger partial charge is 0.506 e. The Kier molecular flexibility index (Phi) is 2.14. The summed E-state index contributed by atoms with van der Waals surface area (Å²) >= 11 is 6.02. The molecule has 0 saturated carbocycles. The third-order valence-electron chi connectivity index (χ3n) is 0.926. The average molecular weight is 160 g/mol. The summed E-state index contributed by atoms with van der Waals surface area (Å²) in [4.78, 5) is 0.583. The quantitative estimate of drug-likeness (QED) is 0.574. The summed E-state index contributed by atoms with van der Waals surface area (Å²) in [5, 5.41) is 0.525. The van der Waals surface area contributed by atoms with Gasteiger partial charge in [-0.1, -0.05) is 23.7 Å². The maximum Gasteiger partial charge on any atom is 0.506 e. The summed E-state index contributed by atoms with van der Waals surface area (Å²) in [6.07, 6.45) is 0. The third-order valence-corrected chi connectivity index (χ3v) is 1.90. The van der Waals surface area contributed by atoms with E-state index in [9.17, 15) is 4.21 Å². The molecule has 0 bridgehead atoms. The Hall–Kier alpha value is -0.470. The topological polar surface area (TPSA) is 17.1 Å². The molecule has 0 fully saturated rings. The van der Waals surface area contributed by atoms with Gasteiger partial charge in [-0.05, 0) is 6.07 Å². The number of rotatable bonds is 1. The van der Waals surface area contributed by atoms with E-state index in [-0.39, 0.29) is 0 Å². The van der Waals surface area contributed by atoms with Crippen LogP contribution in [0.25, 0.3) is 0 Å². The maximum atomic E-state index is 10.2. The number of benzene rings is 1. The minimum atomic E-state index is 0.413. The van der Waals surface area contributed by atoms with Crippen molar-refractivity contribution in [2.75, 3.05) is 0 Å². The highest BCUT2D eigenvalue weighted by Crippen LogP contribution is 2.13. The predicted octanol–water partition coefficient (Wildman–Crippen LogP) is 2.13. The lowest BCUT2D eigenvalue weighted by Gasteiger charge is -1.79. The van der Waals surface area contributed by atoms with Gasteiger partial charge in [-0.25, -0.2) is 0 Å². The van der Waals surface area contributed by atoms with Gasteiger partial charge in [0.1, 0.15) is 5.02 Å². The summed E-state index contributed by atoms with van der Waals surface area (Å²) in [7, 11) is 0. The third kappa shape index (κ3) is 1.47. The van der Waals surface area contributed by atoms with Crippen LogP contribution in [0.5, 0.6) is 0 Å². The summed E-state index contributed by atoms with van der Waals surface area (Å²) in [6.45, 7) is 0. The molecule has 0 aliphatic rings. The minimum absolute atomic E-state index is 0.413. The van der Waals surface area contributed by atoms with E-state index in [2.05, 4.69) is 0 Å². The normalized spacial score (nSPS) is 9.00. The summed E-state index contributed by atoms with van der Waals surface area (Å²) in [5.41, 5.74) is 0. The van der Waals surface area contributed by atoms with Crippen LogP contribution in [0.1, 0.15) is 0 Å². The molecular formula is C6H4ClOS+. The molecule has 46 valence electrons. The van der Waals surface area contributed by atoms with E-state index >= 15 is 0 Å². The van der Waals surface area contributed by atoms with Crippen LogP contribution >= 0.6 is 11.6 Å². The van der Waals surface area contributed by atoms with Gasteiger partial charge < -0.3 is 0 Å². The van der Waals surface area contributed by atoms with E-state index in [1.54, 1.807) is 24.3 Å². The first-order valence-corrected chi connectivity index (χ1v) is 3.51. The van der Waals surface area contributed by atoms with E-state index in [4.69, 9.17) is 11.6 Å². The van der Waals surface area contributed by atoms with E-state index in [0.717, 1.165) is 0 Å². The second-order valence-corrected chi connectivity index (χ2v) is 2.53. The number of hydrogen-bond donors (Lipinski definition) is 0. The first-order chi connectivity index (χ1) is 4.34. The molecule has 0 atom stereocenters. The van der Waals surface area contributed by atoms with Crippen LogP contribution in [0, 0.1) is 0 Å². The van der Waals surface area contributed by atoms with Crippen LogP contribution in [0.15, 0.2) is 29.2 Å². The summed E-state index contributed by atoms with van der Waals surface area (Å²) in [6, 6.07) is 6.97. The Balaban J connectivity index is 3.15. The second-order valence-electron chi connectivity index (χ2n) is 1.51. The van der Waals surface area contributed by atoms with Crippen molar-refractivity contribution in [3.63, 3.8) is 0 Å². The molecule has 0 heterocycles. The Labute approximate surface area is 62.1 Å². The van der Waals surface area contributed by atoms with Gasteiger partial charge in [0.05, 0.1) is 0 Å².